The van der Waals surface area contributed by atoms with Gasteiger partial charge in [-0.1, -0.05) is 97.2 Å². The molecule has 144 valence electrons. The molecule has 0 aliphatic rings. The van der Waals surface area contributed by atoms with Crippen molar-refractivity contribution in [2.24, 2.45) is 0 Å². The van der Waals surface area contributed by atoms with Gasteiger partial charge in [0.05, 0.1) is 11.6 Å². The monoisotopic (exact) mass is 378 g/mol. The van der Waals surface area contributed by atoms with Crippen molar-refractivity contribution < 1.29 is 0 Å². The molecule has 2 aromatic rings. The van der Waals surface area contributed by atoms with Crippen LogP contribution in [0.5, 0.6) is 0 Å². The van der Waals surface area contributed by atoms with Crippen molar-refractivity contribution in [3.8, 4) is 6.07 Å². The van der Waals surface area contributed by atoms with Crippen molar-refractivity contribution >= 4 is 17.8 Å². The molecule has 0 fully saturated rings. The van der Waals surface area contributed by atoms with Crippen molar-refractivity contribution in [3.05, 3.63) is 126 Å². The molecule has 2 rings (SSSR count). The predicted octanol–water partition coefficient (Wildman–Crippen LogP) is 6.58. The quantitative estimate of drug-likeness (QED) is 0.485. The lowest BCUT2D eigenvalue weighted by molar-refractivity contribution is 1.13. The second-order valence-corrected chi connectivity index (χ2v) is 6.48. The van der Waals surface area contributed by atoms with E-state index >= 15 is 0 Å². The first-order valence-electron chi connectivity index (χ1n) is 9.48. The van der Waals surface area contributed by atoms with Gasteiger partial charge in [-0.05, 0) is 35.4 Å². The van der Waals surface area contributed by atoms with Crippen LogP contribution in [0.3, 0.4) is 0 Å². The van der Waals surface area contributed by atoms with Crippen LogP contribution in [0.4, 0.5) is 5.69 Å². The zero-order valence-corrected chi connectivity index (χ0v) is 16.9. The van der Waals surface area contributed by atoms with Crippen LogP contribution in [0.2, 0.25) is 0 Å². The van der Waals surface area contributed by atoms with Crippen molar-refractivity contribution in [2.45, 2.75) is 0 Å². The van der Waals surface area contributed by atoms with Crippen LogP contribution >= 0.6 is 0 Å². The van der Waals surface area contributed by atoms with E-state index in [4.69, 9.17) is 5.26 Å². The lowest BCUT2D eigenvalue weighted by Gasteiger charge is -2.11. The molecule has 2 heteroatoms. The highest BCUT2D eigenvalue weighted by Gasteiger charge is 1.92. The van der Waals surface area contributed by atoms with Crippen LogP contribution in [0, 0.1) is 11.3 Å². The molecule has 0 radical (unpaired) electrons. The van der Waals surface area contributed by atoms with Gasteiger partial charge < -0.3 is 4.90 Å². The van der Waals surface area contributed by atoms with Gasteiger partial charge in [-0.2, -0.15) is 5.26 Å². The molecule has 0 N–H and O–H groups in total. The van der Waals surface area contributed by atoms with Gasteiger partial charge in [0.1, 0.15) is 0 Å². The number of nitrogens with zero attached hydrogens (tertiary/aromatic N) is 2. The highest BCUT2D eigenvalue weighted by Crippen LogP contribution is 2.13. The van der Waals surface area contributed by atoms with Crippen LogP contribution in [0.15, 0.2) is 109 Å². The molecule has 0 amide bonds. The third-order valence-electron chi connectivity index (χ3n) is 4.00. The van der Waals surface area contributed by atoms with Crippen LogP contribution < -0.4 is 4.90 Å². The second kappa shape index (κ2) is 12.5. The fourth-order valence-corrected chi connectivity index (χ4v) is 2.44. The van der Waals surface area contributed by atoms with E-state index in [1.807, 2.05) is 99.1 Å². The molecule has 0 heterocycles. The summed E-state index contributed by atoms with van der Waals surface area (Å²) in [5, 5.41) is 8.89. The van der Waals surface area contributed by atoms with Gasteiger partial charge in [-0.25, -0.2) is 0 Å². The Morgan fingerprint density at radius 2 is 1.17 bits per heavy atom. The summed E-state index contributed by atoms with van der Waals surface area (Å²) >= 11 is 0. The Kier molecular flexibility index (Phi) is 9.28. The number of benzene rings is 2. The van der Waals surface area contributed by atoms with E-state index < -0.39 is 0 Å². The van der Waals surface area contributed by atoms with Crippen LogP contribution in [0.25, 0.3) is 12.2 Å². The van der Waals surface area contributed by atoms with Crippen LogP contribution in [-0.2, 0) is 0 Å². The average molecular weight is 379 g/mol. The molecule has 0 aliphatic heterocycles. The molecule has 0 bridgehead atoms. The molecule has 2 nitrogen and oxygen atoms in total. The fraction of sp³-hybridized carbons (Fsp3) is 0.0741. The summed E-state index contributed by atoms with van der Waals surface area (Å²) in [6.45, 7) is 0. The number of hydrogen-bond acceptors (Lipinski definition) is 2. The van der Waals surface area contributed by atoms with E-state index in [0.717, 1.165) is 5.56 Å². The van der Waals surface area contributed by atoms with E-state index in [9.17, 15) is 0 Å². The summed E-state index contributed by atoms with van der Waals surface area (Å²) in [5.74, 6) is 0. The zero-order valence-electron chi connectivity index (χ0n) is 16.9. The summed E-state index contributed by atoms with van der Waals surface area (Å²) in [7, 11) is 4.08. The van der Waals surface area contributed by atoms with Crippen molar-refractivity contribution in [1.29, 1.82) is 5.26 Å². The molecule has 0 unspecified atom stereocenters. The van der Waals surface area contributed by atoms with Crippen molar-refractivity contribution in [1.82, 2.24) is 0 Å². The van der Waals surface area contributed by atoms with Gasteiger partial charge in [0.25, 0.3) is 0 Å². The maximum absolute atomic E-state index is 8.89. The summed E-state index contributed by atoms with van der Waals surface area (Å²) < 4.78 is 0. The predicted molar refractivity (Wildman–Crippen MR) is 127 cm³/mol. The molecule has 29 heavy (non-hydrogen) atoms. The Morgan fingerprint density at radius 1 is 0.655 bits per heavy atom. The molecule has 2 aromatic carbocycles. The Labute approximate surface area is 174 Å². The van der Waals surface area contributed by atoms with Gasteiger partial charge in [0.2, 0.25) is 0 Å². The number of hydrogen-bond donors (Lipinski definition) is 0. The molecule has 0 atom stereocenters. The number of nitriles is 1. The molecule has 0 aliphatic carbocycles. The van der Waals surface area contributed by atoms with Gasteiger partial charge in [-0.15, -0.1) is 0 Å². The number of rotatable bonds is 8. The van der Waals surface area contributed by atoms with Gasteiger partial charge >= 0.3 is 0 Å². The topological polar surface area (TPSA) is 27.0 Å². The smallest absolute Gasteiger partial charge is 0.0991 e. The summed E-state index contributed by atoms with van der Waals surface area (Å²) in [4.78, 5) is 2.09. The maximum atomic E-state index is 8.89. The normalized spacial score (nSPS) is 12.3. The van der Waals surface area contributed by atoms with Gasteiger partial charge in [0.15, 0.2) is 0 Å². The standard InChI is InChI=1S/C27H26N2/c1-29(2)27-20-18-24(19-21-27)14-11-9-7-5-3-4-6-8-10-12-15-25-16-13-17-26(22-25)23-28/h3-22H,1-2H3/b5-3+,6-4+,9-7+,10-8+,14-11+,15-12+. The zero-order chi connectivity index (χ0) is 20.7. The third-order valence-corrected chi connectivity index (χ3v) is 4.00. The SMILES string of the molecule is CN(C)c1ccc(/C=C/C=C/C=C/C=C/C=C/C=C/c2cccc(C#N)c2)cc1. The largest absolute Gasteiger partial charge is 0.378 e. The van der Waals surface area contributed by atoms with E-state index in [-0.39, 0.29) is 0 Å². The molecule has 0 saturated carbocycles. The van der Waals surface area contributed by atoms with Crippen molar-refractivity contribution in [2.75, 3.05) is 19.0 Å². The summed E-state index contributed by atoms with van der Waals surface area (Å²) in [6, 6.07) is 18.1. The minimum absolute atomic E-state index is 0.672. The van der Waals surface area contributed by atoms with Gasteiger partial charge in [0, 0.05) is 19.8 Å². The molecular weight excluding hydrogens is 352 g/mol. The second-order valence-electron chi connectivity index (χ2n) is 6.48. The lowest BCUT2D eigenvalue weighted by Crippen LogP contribution is -2.07. The minimum Gasteiger partial charge on any atom is -0.378 e. The average Bonchev–Trinajstić information content (AvgIpc) is 2.75. The third kappa shape index (κ3) is 8.60. The fourth-order valence-electron chi connectivity index (χ4n) is 2.44. The Bertz CT molecular complexity index is 976. The summed E-state index contributed by atoms with van der Waals surface area (Å²) in [5.41, 5.74) is 4.07. The van der Waals surface area contributed by atoms with Crippen LogP contribution in [-0.4, -0.2) is 14.1 Å². The summed E-state index contributed by atoms with van der Waals surface area (Å²) in [6.07, 6.45) is 23.9. The Balaban J connectivity index is 1.72. The van der Waals surface area contributed by atoms with E-state index in [1.54, 1.807) is 6.07 Å². The first kappa shape index (κ1) is 21.5. The first-order chi connectivity index (χ1) is 14.2. The molecule has 0 aromatic heterocycles. The van der Waals surface area contributed by atoms with E-state index in [0.29, 0.717) is 5.56 Å². The maximum Gasteiger partial charge on any atom is 0.0991 e. The van der Waals surface area contributed by atoms with Crippen LogP contribution in [0.1, 0.15) is 16.7 Å². The Hall–Kier alpha value is -3.83. The highest BCUT2D eigenvalue weighted by atomic mass is 15.1. The number of anilines is 1. The number of allylic oxidation sites excluding steroid dienone is 10. The highest BCUT2D eigenvalue weighted by molar-refractivity contribution is 5.56. The van der Waals surface area contributed by atoms with E-state index in [2.05, 4.69) is 41.3 Å². The molecule has 0 saturated heterocycles. The van der Waals surface area contributed by atoms with Gasteiger partial charge in [-0.3, -0.25) is 0 Å². The molecular formula is C27H26N2. The lowest BCUT2D eigenvalue weighted by atomic mass is 10.1. The minimum atomic E-state index is 0.672. The van der Waals surface area contributed by atoms with Crippen molar-refractivity contribution in [3.63, 3.8) is 0 Å². The first-order valence-corrected chi connectivity index (χ1v) is 9.48. The van der Waals surface area contributed by atoms with E-state index in [1.165, 1.54) is 11.3 Å². The molecule has 0 spiro atoms. The Morgan fingerprint density at radius 3 is 1.69 bits per heavy atom.